The van der Waals surface area contributed by atoms with E-state index in [1.165, 1.54) is 24.7 Å². The number of pyridine rings is 1. The number of carbonyl (C=O) groups is 1. The number of rotatable bonds is 4. The molecule has 2 aromatic heterocycles. The van der Waals surface area contributed by atoms with E-state index < -0.39 is 11.7 Å². The van der Waals surface area contributed by atoms with Gasteiger partial charge in [0.2, 0.25) is 5.95 Å². The van der Waals surface area contributed by atoms with E-state index in [0.29, 0.717) is 6.54 Å². The second-order valence-corrected chi connectivity index (χ2v) is 3.58. The van der Waals surface area contributed by atoms with Crippen LogP contribution >= 0.6 is 0 Å². The van der Waals surface area contributed by atoms with E-state index in [4.69, 9.17) is 0 Å². The Kier molecular flexibility index (Phi) is 3.97. The lowest BCUT2D eigenvalue weighted by molar-refractivity contribution is 0.102. The van der Waals surface area contributed by atoms with Crippen LogP contribution in [-0.4, -0.2) is 27.4 Å². The van der Waals surface area contributed by atoms with Crippen LogP contribution in [-0.2, 0) is 0 Å². The fourth-order valence-corrected chi connectivity index (χ4v) is 1.44. The van der Waals surface area contributed by atoms with E-state index in [9.17, 15) is 9.18 Å². The maximum Gasteiger partial charge on any atom is 0.261 e. The van der Waals surface area contributed by atoms with Gasteiger partial charge in [-0.25, -0.2) is 19.3 Å². The summed E-state index contributed by atoms with van der Waals surface area (Å²) in [5.41, 5.74) is -0.113. The molecule has 7 heteroatoms. The second kappa shape index (κ2) is 5.85. The molecule has 0 bridgehead atoms. The maximum absolute atomic E-state index is 14.0. The third-order valence-electron chi connectivity index (χ3n) is 2.27. The Bertz CT molecular complexity index is 576. The van der Waals surface area contributed by atoms with Gasteiger partial charge in [-0.05, 0) is 19.1 Å². The summed E-state index contributed by atoms with van der Waals surface area (Å²) in [5.74, 6) is -1.15. The topological polar surface area (TPSA) is 79.8 Å². The molecule has 2 N–H and O–H groups in total. The molecule has 0 atom stereocenters. The molecule has 2 heterocycles. The number of anilines is 2. The van der Waals surface area contributed by atoms with Crippen LogP contribution in [0.5, 0.6) is 0 Å². The highest BCUT2D eigenvalue weighted by atomic mass is 19.1. The number of carbonyl (C=O) groups excluding carboxylic acids is 1. The molecule has 0 radical (unpaired) electrons. The summed E-state index contributed by atoms with van der Waals surface area (Å²) in [5, 5.41) is 5.15. The van der Waals surface area contributed by atoms with Crippen LogP contribution in [0.2, 0.25) is 0 Å². The normalized spacial score (nSPS) is 10.0. The summed E-state index contributed by atoms with van der Waals surface area (Å²) in [7, 11) is 0. The van der Waals surface area contributed by atoms with Gasteiger partial charge < -0.3 is 5.32 Å². The van der Waals surface area contributed by atoms with Gasteiger partial charge in [-0.2, -0.15) is 0 Å². The molecule has 1 amide bonds. The van der Waals surface area contributed by atoms with Gasteiger partial charge in [-0.3, -0.25) is 10.1 Å². The first-order chi connectivity index (χ1) is 9.22. The summed E-state index contributed by atoms with van der Waals surface area (Å²) in [6, 6.07) is 2.92. The average molecular weight is 261 g/mol. The van der Waals surface area contributed by atoms with Crippen molar-refractivity contribution in [1.82, 2.24) is 15.0 Å². The number of nitrogens with one attached hydrogen (secondary N) is 2. The third kappa shape index (κ3) is 3.01. The predicted octanol–water partition coefficient (Wildman–Crippen LogP) is 1.69. The lowest BCUT2D eigenvalue weighted by atomic mass is 10.2. The molecule has 98 valence electrons. The van der Waals surface area contributed by atoms with Gasteiger partial charge in [-0.15, -0.1) is 0 Å². The number of amides is 1. The van der Waals surface area contributed by atoms with E-state index in [2.05, 4.69) is 25.6 Å². The average Bonchev–Trinajstić information content (AvgIpc) is 2.42. The van der Waals surface area contributed by atoms with Crippen molar-refractivity contribution in [3.63, 3.8) is 0 Å². The van der Waals surface area contributed by atoms with E-state index in [1.54, 1.807) is 6.07 Å². The molecule has 0 fully saturated rings. The molecular formula is C12H12FN5O. The predicted molar refractivity (Wildman–Crippen MR) is 68.3 cm³/mol. The summed E-state index contributed by atoms with van der Waals surface area (Å²) in [6.45, 7) is 2.32. The molecule has 0 saturated heterocycles. The smallest absolute Gasteiger partial charge is 0.261 e. The highest BCUT2D eigenvalue weighted by molar-refractivity contribution is 6.03. The molecule has 6 nitrogen and oxygen atoms in total. The van der Waals surface area contributed by atoms with Gasteiger partial charge in [0.1, 0.15) is 0 Å². The maximum atomic E-state index is 14.0. The summed E-state index contributed by atoms with van der Waals surface area (Å²) in [6.07, 6.45) is 4.33. The number of nitrogens with zero attached hydrogens (tertiary/aromatic N) is 3. The van der Waals surface area contributed by atoms with Crippen LogP contribution in [0.15, 0.2) is 30.7 Å². The van der Waals surface area contributed by atoms with E-state index in [0.717, 1.165) is 0 Å². The fraction of sp³-hybridized carbons (Fsp3) is 0.167. The Morgan fingerprint density at radius 3 is 2.68 bits per heavy atom. The molecule has 0 aliphatic heterocycles. The molecule has 19 heavy (non-hydrogen) atoms. The SMILES string of the molecule is CCNc1nccc(C(=O)Nc2ncccn2)c1F. The largest absolute Gasteiger partial charge is 0.368 e. The summed E-state index contributed by atoms with van der Waals surface area (Å²) < 4.78 is 14.0. The standard InChI is InChI=1S/C12H12FN5O/c1-2-14-10-9(13)8(4-7-15-10)11(19)18-12-16-5-3-6-17-12/h3-7H,2H2,1H3,(H,14,15)(H,16,17,18,19). The lowest BCUT2D eigenvalue weighted by Crippen LogP contribution is -2.17. The second-order valence-electron chi connectivity index (χ2n) is 3.58. The minimum Gasteiger partial charge on any atom is -0.368 e. The molecular weight excluding hydrogens is 249 g/mol. The van der Waals surface area contributed by atoms with Gasteiger partial charge >= 0.3 is 0 Å². The van der Waals surface area contributed by atoms with Crippen LogP contribution < -0.4 is 10.6 Å². The number of halogens is 1. The molecule has 0 saturated carbocycles. The van der Waals surface area contributed by atoms with Gasteiger partial charge in [0.25, 0.3) is 5.91 Å². The van der Waals surface area contributed by atoms with Crippen LogP contribution in [0.1, 0.15) is 17.3 Å². The molecule has 0 aromatic carbocycles. The minimum absolute atomic E-state index is 0.0455. The monoisotopic (exact) mass is 261 g/mol. The van der Waals surface area contributed by atoms with Crippen molar-refractivity contribution in [2.24, 2.45) is 0 Å². The fourth-order valence-electron chi connectivity index (χ4n) is 1.44. The van der Waals surface area contributed by atoms with Gasteiger partial charge in [0.15, 0.2) is 11.6 Å². The van der Waals surface area contributed by atoms with E-state index in [1.807, 2.05) is 6.92 Å². The highest BCUT2D eigenvalue weighted by Crippen LogP contribution is 2.15. The number of hydrogen-bond donors (Lipinski definition) is 2. The van der Waals surface area contributed by atoms with Gasteiger partial charge in [-0.1, -0.05) is 0 Å². The number of hydrogen-bond acceptors (Lipinski definition) is 5. The Balaban J connectivity index is 2.22. The summed E-state index contributed by atoms with van der Waals surface area (Å²) in [4.78, 5) is 23.4. The highest BCUT2D eigenvalue weighted by Gasteiger charge is 2.16. The number of aromatic nitrogens is 3. The van der Waals surface area contributed by atoms with Crippen molar-refractivity contribution in [2.75, 3.05) is 17.2 Å². The van der Waals surface area contributed by atoms with Crippen molar-refractivity contribution in [3.05, 3.63) is 42.1 Å². The first-order valence-corrected chi connectivity index (χ1v) is 5.69. The van der Waals surface area contributed by atoms with Crippen molar-refractivity contribution in [1.29, 1.82) is 0 Å². The van der Waals surface area contributed by atoms with Crippen molar-refractivity contribution < 1.29 is 9.18 Å². The van der Waals surface area contributed by atoms with Crippen LogP contribution in [0.4, 0.5) is 16.2 Å². The Hall–Kier alpha value is -2.57. The molecule has 0 aliphatic carbocycles. The lowest BCUT2D eigenvalue weighted by Gasteiger charge is -2.08. The van der Waals surface area contributed by atoms with Crippen molar-refractivity contribution in [2.45, 2.75) is 6.92 Å². The Morgan fingerprint density at radius 2 is 2.00 bits per heavy atom. The Morgan fingerprint density at radius 1 is 1.26 bits per heavy atom. The molecule has 0 aliphatic rings. The first kappa shape index (κ1) is 12.9. The molecule has 2 rings (SSSR count). The van der Waals surface area contributed by atoms with Gasteiger partial charge in [0.05, 0.1) is 5.56 Å². The summed E-state index contributed by atoms with van der Waals surface area (Å²) >= 11 is 0. The third-order valence-corrected chi connectivity index (χ3v) is 2.27. The van der Waals surface area contributed by atoms with Crippen molar-refractivity contribution >= 4 is 17.7 Å². The van der Waals surface area contributed by atoms with E-state index >= 15 is 0 Å². The van der Waals surface area contributed by atoms with Gasteiger partial charge in [0, 0.05) is 25.1 Å². The zero-order valence-electron chi connectivity index (χ0n) is 10.2. The van der Waals surface area contributed by atoms with Crippen molar-refractivity contribution in [3.8, 4) is 0 Å². The Labute approximate surface area is 109 Å². The zero-order valence-corrected chi connectivity index (χ0v) is 10.2. The molecule has 0 unspecified atom stereocenters. The van der Waals surface area contributed by atoms with Crippen LogP contribution in [0.25, 0.3) is 0 Å². The molecule has 2 aromatic rings. The minimum atomic E-state index is -0.696. The van der Waals surface area contributed by atoms with E-state index in [-0.39, 0.29) is 17.3 Å². The first-order valence-electron chi connectivity index (χ1n) is 5.69. The molecule has 0 spiro atoms. The quantitative estimate of drug-likeness (QED) is 0.875. The van der Waals surface area contributed by atoms with Crippen LogP contribution in [0.3, 0.4) is 0 Å². The zero-order chi connectivity index (χ0) is 13.7. The van der Waals surface area contributed by atoms with Crippen LogP contribution in [0, 0.1) is 5.82 Å².